The van der Waals surface area contributed by atoms with Crippen LogP contribution in [0.2, 0.25) is 0 Å². The zero-order chi connectivity index (χ0) is 13.9. The van der Waals surface area contributed by atoms with Crippen LogP contribution in [0.1, 0.15) is 18.4 Å². The summed E-state index contributed by atoms with van der Waals surface area (Å²) >= 11 is 0. The van der Waals surface area contributed by atoms with Gasteiger partial charge in [-0.2, -0.15) is 5.10 Å². The fraction of sp³-hybridized carbons (Fsp3) is 0.750. The van der Waals surface area contributed by atoms with Crippen molar-refractivity contribution in [3.63, 3.8) is 0 Å². The molecular weight excluding hydrogens is 264 g/mol. The fourth-order valence-corrected chi connectivity index (χ4v) is 3.29. The SMILES string of the molecule is Cn1cc(CCNC2CCN(S(C)(=O)=O)CC2)cn1. The van der Waals surface area contributed by atoms with Gasteiger partial charge in [0.15, 0.2) is 0 Å². The number of piperidine rings is 1. The number of hydrogen-bond donors (Lipinski definition) is 1. The Balaban J connectivity index is 1.69. The molecule has 6 nitrogen and oxygen atoms in total. The van der Waals surface area contributed by atoms with Crippen LogP contribution in [0, 0.1) is 0 Å². The molecule has 0 unspecified atom stereocenters. The van der Waals surface area contributed by atoms with Crippen LogP contribution in [-0.4, -0.2) is 54.4 Å². The number of nitrogens with zero attached hydrogens (tertiary/aromatic N) is 3. The number of aromatic nitrogens is 2. The molecule has 19 heavy (non-hydrogen) atoms. The van der Waals surface area contributed by atoms with Crippen molar-refractivity contribution in [3.05, 3.63) is 18.0 Å². The van der Waals surface area contributed by atoms with Gasteiger partial charge in [0, 0.05) is 32.4 Å². The number of nitrogens with one attached hydrogen (secondary N) is 1. The van der Waals surface area contributed by atoms with Crippen LogP contribution in [0.5, 0.6) is 0 Å². The van der Waals surface area contributed by atoms with Gasteiger partial charge in [-0.15, -0.1) is 0 Å². The van der Waals surface area contributed by atoms with Crippen LogP contribution in [0.15, 0.2) is 12.4 Å². The average Bonchev–Trinajstić information content (AvgIpc) is 2.75. The summed E-state index contributed by atoms with van der Waals surface area (Å²) in [5, 5.41) is 7.63. The molecule has 1 aromatic heterocycles. The topological polar surface area (TPSA) is 67.2 Å². The highest BCUT2D eigenvalue weighted by atomic mass is 32.2. The summed E-state index contributed by atoms with van der Waals surface area (Å²) < 4.78 is 26.1. The molecule has 0 bridgehead atoms. The molecule has 0 atom stereocenters. The number of hydrogen-bond acceptors (Lipinski definition) is 4. The van der Waals surface area contributed by atoms with Crippen LogP contribution in [0.25, 0.3) is 0 Å². The van der Waals surface area contributed by atoms with Crippen LogP contribution < -0.4 is 5.32 Å². The van der Waals surface area contributed by atoms with E-state index in [-0.39, 0.29) is 0 Å². The molecule has 1 N–H and O–H groups in total. The zero-order valence-corrected chi connectivity index (χ0v) is 12.4. The van der Waals surface area contributed by atoms with Crippen molar-refractivity contribution >= 4 is 10.0 Å². The van der Waals surface area contributed by atoms with Crippen molar-refractivity contribution in [1.29, 1.82) is 0 Å². The maximum atomic E-state index is 11.4. The quantitative estimate of drug-likeness (QED) is 0.826. The van der Waals surface area contributed by atoms with E-state index in [9.17, 15) is 8.42 Å². The van der Waals surface area contributed by atoms with E-state index in [2.05, 4.69) is 10.4 Å². The van der Waals surface area contributed by atoms with E-state index in [1.165, 1.54) is 11.8 Å². The van der Waals surface area contributed by atoms with Crippen molar-refractivity contribution < 1.29 is 8.42 Å². The minimum absolute atomic E-state index is 0.426. The second kappa shape index (κ2) is 6.02. The monoisotopic (exact) mass is 286 g/mol. The Bertz CT molecular complexity index is 504. The molecule has 0 radical (unpaired) electrons. The molecule has 1 fully saturated rings. The molecule has 2 heterocycles. The minimum atomic E-state index is -3.02. The molecule has 0 spiro atoms. The molecule has 1 saturated heterocycles. The summed E-state index contributed by atoms with van der Waals surface area (Å²) in [7, 11) is -1.10. The normalized spacial score (nSPS) is 18.8. The first-order valence-electron chi connectivity index (χ1n) is 6.61. The smallest absolute Gasteiger partial charge is 0.211 e. The Morgan fingerprint density at radius 2 is 2.11 bits per heavy atom. The Morgan fingerprint density at radius 1 is 1.42 bits per heavy atom. The van der Waals surface area contributed by atoms with E-state index in [1.807, 2.05) is 19.4 Å². The lowest BCUT2D eigenvalue weighted by Gasteiger charge is -2.30. The highest BCUT2D eigenvalue weighted by molar-refractivity contribution is 7.88. The fourth-order valence-electron chi connectivity index (χ4n) is 2.41. The van der Waals surface area contributed by atoms with E-state index in [0.29, 0.717) is 19.1 Å². The summed E-state index contributed by atoms with van der Waals surface area (Å²) in [5.74, 6) is 0. The third-order valence-electron chi connectivity index (χ3n) is 3.53. The van der Waals surface area contributed by atoms with Crippen molar-refractivity contribution in [2.45, 2.75) is 25.3 Å². The lowest BCUT2D eigenvalue weighted by atomic mass is 10.1. The predicted octanol–water partition coefficient (Wildman–Crippen LogP) is -0.0238. The van der Waals surface area contributed by atoms with Crippen molar-refractivity contribution in [1.82, 2.24) is 19.4 Å². The molecule has 1 aliphatic rings. The molecular formula is C12H22N4O2S. The lowest BCUT2D eigenvalue weighted by molar-refractivity contribution is 0.292. The summed E-state index contributed by atoms with van der Waals surface area (Å²) in [6, 6.07) is 0.426. The first kappa shape index (κ1) is 14.5. The Hall–Kier alpha value is -0.920. The third kappa shape index (κ3) is 4.29. The molecule has 0 aromatic carbocycles. The largest absolute Gasteiger partial charge is 0.314 e. The first-order chi connectivity index (χ1) is 8.95. The lowest BCUT2D eigenvalue weighted by Crippen LogP contribution is -2.44. The van der Waals surface area contributed by atoms with Gasteiger partial charge < -0.3 is 5.32 Å². The molecule has 0 saturated carbocycles. The van der Waals surface area contributed by atoms with Crippen molar-refractivity contribution in [2.24, 2.45) is 7.05 Å². The molecule has 1 aliphatic heterocycles. The van der Waals surface area contributed by atoms with Gasteiger partial charge in [-0.05, 0) is 31.4 Å². The molecule has 0 aliphatic carbocycles. The molecule has 7 heteroatoms. The Labute approximate surface area is 114 Å². The highest BCUT2D eigenvalue weighted by Crippen LogP contribution is 2.13. The second-order valence-electron chi connectivity index (χ2n) is 5.16. The van der Waals surface area contributed by atoms with Gasteiger partial charge in [0.25, 0.3) is 0 Å². The first-order valence-corrected chi connectivity index (χ1v) is 8.46. The van der Waals surface area contributed by atoms with Crippen molar-refractivity contribution in [2.75, 3.05) is 25.9 Å². The Morgan fingerprint density at radius 3 is 2.63 bits per heavy atom. The van der Waals surface area contributed by atoms with Gasteiger partial charge in [-0.1, -0.05) is 0 Å². The van der Waals surface area contributed by atoms with E-state index in [0.717, 1.165) is 25.8 Å². The third-order valence-corrected chi connectivity index (χ3v) is 4.83. The highest BCUT2D eigenvalue weighted by Gasteiger charge is 2.24. The molecule has 2 rings (SSSR count). The van der Waals surface area contributed by atoms with Crippen LogP contribution in [0.3, 0.4) is 0 Å². The summed E-state index contributed by atoms with van der Waals surface area (Å²) in [5.41, 5.74) is 1.23. The van der Waals surface area contributed by atoms with E-state index < -0.39 is 10.0 Å². The van der Waals surface area contributed by atoms with Crippen LogP contribution in [-0.2, 0) is 23.5 Å². The number of rotatable bonds is 5. The Kier molecular flexibility index (Phi) is 4.59. The summed E-state index contributed by atoms with van der Waals surface area (Å²) in [4.78, 5) is 0. The van der Waals surface area contributed by atoms with Gasteiger partial charge in [-0.3, -0.25) is 4.68 Å². The van der Waals surface area contributed by atoms with Crippen molar-refractivity contribution in [3.8, 4) is 0 Å². The standard InChI is InChI=1S/C12H22N4O2S/c1-15-10-11(9-14-15)3-6-13-12-4-7-16(8-5-12)19(2,17)18/h9-10,12-13H,3-8H2,1-2H3. The molecule has 108 valence electrons. The van der Waals surface area contributed by atoms with E-state index >= 15 is 0 Å². The van der Waals surface area contributed by atoms with Gasteiger partial charge in [0.2, 0.25) is 10.0 Å². The maximum absolute atomic E-state index is 11.4. The van der Waals surface area contributed by atoms with Gasteiger partial charge >= 0.3 is 0 Å². The van der Waals surface area contributed by atoms with E-state index in [4.69, 9.17) is 0 Å². The van der Waals surface area contributed by atoms with Gasteiger partial charge in [0.05, 0.1) is 12.5 Å². The van der Waals surface area contributed by atoms with E-state index in [1.54, 1.807) is 8.99 Å². The average molecular weight is 286 g/mol. The number of sulfonamides is 1. The summed E-state index contributed by atoms with van der Waals surface area (Å²) in [6.07, 6.45) is 7.92. The summed E-state index contributed by atoms with van der Waals surface area (Å²) in [6.45, 7) is 2.17. The van der Waals surface area contributed by atoms with Crippen LogP contribution in [0.4, 0.5) is 0 Å². The molecule has 0 amide bonds. The van der Waals surface area contributed by atoms with Gasteiger partial charge in [0.1, 0.15) is 0 Å². The maximum Gasteiger partial charge on any atom is 0.211 e. The number of aryl methyl sites for hydroxylation is 1. The minimum Gasteiger partial charge on any atom is -0.314 e. The second-order valence-corrected chi connectivity index (χ2v) is 7.15. The van der Waals surface area contributed by atoms with Gasteiger partial charge in [-0.25, -0.2) is 12.7 Å². The van der Waals surface area contributed by atoms with Crippen LogP contribution >= 0.6 is 0 Å². The predicted molar refractivity (Wildman–Crippen MR) is 74.4 cm³/mol. The molecule has 1 aromatic rings. The zero-order valence-electron chi connectivity index (χ0n) is 11.5.